The van der Waals surface area contributed by atoms with Crippen LogP contribution >= 0.6 is 0 Å². The molecule has 3 rings (SSSR count). The maximum atomic E-state index is 6.01. The molecule has 2 aromatic rings. The first-order valence-electron chi connectivity index (χ1n) is 8.33. The van der Waals surface area contributed by atoms with Gasteiger partial charge in [0.2, 0.25) is 0 Å². The van der Waals surface area contributed by atoms with E-state index in [0.29, 0.717) is 0 Å². The first-order valence-corrected chi connectivity index (χ1v) is 8.33. The van der Waals surface area contributed by atoms with Crippen LogP contribution in [0.1, 0.15) is 29.2 Å². The fourth-order valence-corrected chi connectivity index (χ4v) is 2.99. The van der Waals surface area contributed by atoms with Gasteiger partial charge in [-0.2, -0.15) is 0 Å². The van der Waals surface area contributed by atoms with Crippen LogP contribution in [0, 0.1) is 13.8 Å². The number of hydrogen-bond donors (Lipinski definition) is 3. The van der Waals surface area contributed by atoms with Crippen LogP contribution in [0.4, 0.5) is 11.4 Å². The Morgan fingerprint density at radius 1 is 0.800 bits per heavy atom. The number of aryl methyl sites for hydroxylation is 2. The molecule has 0 atom stereocenters. The van der Waals surface area contributed by atoms with Gasteiger partial charge in [0.05, 0.1) is 0 Å². The van der Waals surface area contributed by atoms with Crippen molar-refractivity contribution in [1.82, 2.24) is 0 Å². The molecule has 25 heavy (non-hydrogen) atoms. The third kappa shape index (κ3) is 3.26. The summed E-state index contributed by atoms with van der Waals surface area (Å²) in [6, 6.07) is 12.3. The molecule has 1 aliphatic rings. The molecule has 0 spiro atoms. The van der Waals surface area contributed by atoms with Gasteiger partial charge in [0.15, 0.2) is 5.71 Å². The second-order valence-electron chi connectivity index (χ2n) is 6.59. The molecule has 0 heterocycles. The SMILES string of the molecule is CC1=CC(=C(c2ccc(N)c(C)c2)c2ccc(N)c(C)c2)C=CC1=[NH2+]. The molecule has 0 aromatic heterocycles. The Morgan fingerprint density at radius 3 is 1.76 bits per heavy atom. The van der Waals surface area contributed by atoms with Crippen molar-refractivity contribution in [2.75, 3.05) is 11.5 Å². The predicted octanol–water partition coefficient (Wildman–Crippen LogP) is 2.99. The van der Waals surface area contributed by atoms with Crippen molar-refractivity contribution < 1.29 is 5.41 Å². The van der Waals surface area contributed by atoms with Crippen LogP contribution < -0.4 is 16.9 Å². The molecule has 126 valence electrons. The van der Waals surface area contributed by atoms with Crippen LogP contribution in [-0.2, 0) is 0 Å². The molecule has 0 radical (unpaired) electrons. The zero-order valence-electron chi connectivity index (χ0n) is 14.9. The van der Waals surface area contributed by atoms with E-state index < -0.39 is 0 Å². The highest BCUT2D eigenvalue weighted by Gasteiger charge is 2.15. The summed E-state index contributed by atoms with van der Waals surface area (Å²) in [5.41, 5.74) is 22.1. The Balaban J connectivity index is 2.28. The van der Waals surface area contributed by atoms with E-state index in [9.17, 15) is 0 Å². The van der Waals surface area contributed by atoms with Crippen molar-refractivity contribution in [2.24, 2.45) is 0 Å². The largest absolute Gasteiger partial charge is 0.399 e. The topological polar surface area (TPSA) is 77.6 Å². The molecule has 1 aliphatic carbocycles. The van der Waals surface area contributed by atoms with Gasteiger partial charge in [-0.05, 0) is 90.6 Å². The molecule has 3 heteroatoms. The average molecular weight is 330 g/mol. The minimum atomic E-state index is 0.796. The molecule has 0 bridgehead atoms. The van der Waals surface area contributed by atoms with Crippen molar-refractivity contribution in [3.63, 3.8) is 0 Å². The summed E-state index contributed by atoms with van der Waals surface area (Å²) in [5, 5.41) is 6.01. The Kier molecular flexibility index (Phi) is 4.32. The number of nitrogens with two attached hydrogens (primary N) is 3. The van der Waals surface area contributed by atoms with Crippen molar-refractivity contribution in [2.45, 2.75) is 20.8 Å². The van der Waals surface area contributed by atoms with E-state index in [1.165, 1.54) is 0 Å². The van der Waals surface area contributed by atoms with Crippen molar-refractivity contribution in [1.29, 1.82) is 0 Å². The van der Waals surface area contributed by atoms with E-state index in [2.05, 4.69) is 36.4 Å². The smallest absolute Gasteiger partial charge is 0.199 e. The van der Waals surface area contributed by atoms with Gasteiger partial charge in [-0.15, -0.1) is 0 Å². The summed E-state index contributed by atoms with van der Waals surface area (Å²) < 4.78 is 0. The summed E-state index contributed by atoms with van der Waals surface area (Å²) in [5.74, 6) is 0. The Bertz CT molecular complexity index is 906. The predicted molar refractivity (Wildman–Crippen MR) is 107 cm³/mol. The van der Waals surface area contributed by atoms with Crippen LogP contribution in [0.15, 0.2) is 65.8 Å². The van der Waals surface area contributed by atoms with E-state index in [4.69, 9.17) is 16.9 Å². The van der Waals surface area contributed by atoms with E-state index in [-0.39, 0.29) is 0 Å². The molecular formula is C22H24N3+. The molecule has 2 aromatic carbocycles. The van der Waals surface area contributed by atoms with Crippen LogP contribution in [0.2, 0.25) is 0 Å². The van der Waals surface area contributed by atoms with E-state index in [0.717, 1.165) is 56.1 Å². The van der Waals surface area contributed by atoms with Crippen LogP contribution in [0.25, 0.3) is 5.57 Å². The van der Waals surface area contributed by atoms with E-state index >= 15 is 0 Å². The monoisotopic (exact) mass is 330 g/mol. The zero-order valence-corrected chi connectivity index (χ0v) is 14.9. The van der Waals surface area contributed by atoms with Gasteiger partial charge in [-0.25, -0.2) is 0 Å². The lowest BCUT2D eigenvalue weighted by Crippen LogP contribution is -2.39. The summed E-state index contributed by atoms with van der Waals surface area (Å²) in [7, 11) is 0. The average Bonchev–Trinajstić information content (AvgIpc) is 2.57. The third-order valence-electron chi connectivity index (χ3n) is 4.68. The maximum Gasteiger partial charge on any atom is 0.199 e. The number of hydrogen-bond acceptors (Lipinski definition) is 2. The minimum Gasteiger partial charge on any atom is -0.399 e. The molecule has 3 nitrogen and oxygen atoms in total. The molecule has 0 amide bonds. The normalized spacial score (nSPS) is 13.8. The van der Waals surface area contributed by atoms with Crippen LogP contribution in [-0.4, -0.2) is 5.71 Å². The molecular weight excluding hydrogens is 306 g/mol. The first kappa shape index (κ1) is 16.8. The first-order chi connectivity index (χ1) is 11.9. The Hall–Kier alpha value is -3.07. The van der Waals surface area contributed by atoms with Gasteiger partial charge in [0, 0.05) is 23.0 Å². The zero-order chi connectivity index (χ0) is 18.1. The van der Waals surface area contributed by atoms with Gasteiger partial charge < -0.3 is 11.5 Å². The van der Waals surface area contributed by atoms with Crippen LogP contribution in [0.3, 0.4) is 0 Å². The highest BCUT2D eigenvalue weighted by Crippen LogP contribution is 2.33. The second kappa shape index (κ2) is 6.44. The summed E-state index contributed by atoms with van der Waals surface area (Å²) in [6.45, 7) is 6.08. The molecule has 0 saturated heterocycles. The van der Waals surface area contributed by atoms with Crippen molar-refractivity contribution in [3.8, 4) is 0 Å². The van der Waals surface area contributed by atoms with Crippen molar-refractivity contribution >= 4 is 22.7 Å². The maximum absolute atomic E-state index is 6.01. The second-order valence-corrected chi connectivity index (χ2v) is 6.59. The number of anilines is 2. The van der Waals surface area contributed by atoms with Gasteiger partial charge in [-0.1, -0.05) is 12.1 Å². The van der Waals surface area contributed by atoms with Crippen molar-refractivity contribution in [3.05, 3.63) is 88.0 Å². The van der Waals surface area contributed by atoms with Gasteiger partial charge in [0.25, 0.3) is 0 Å². The summed E-state index contributed by atoms with van der Waals surface area (Å²) in [4.78, 5) is 0. The molecule has 0 saturated carbocycles. The number of nitrogen functional groups attached to an aromatic ring is 2. The Morgan fingerprint density at radius 2 is 1.32 bits per heavy atom. The standard InChI is InChI=1S/C22H23N3/c1-13-10-16(4-7-19(13)23)22(17-5-8-20(24)14(2)11-17)18-6-9-21(25)15(3)12-18/h4-12,23H,24-25H2,1-3H3/p+1. The summed E-state index contributed by atoms with van der Waals surface area (Å²) >= 11 is 0. The number of benzene rings is 2. The highest BCUT2D eigenvalue weighted by atomic mass is 14.6. The lowest BCUT2D eigenvalue weighted by molar-refractivity contribution is -0.111. The quantitative estimate of drug-likeness (QED) is 0.740. The lowest BCUT2D eigenvalue weighted by atomic mass is 9.88. The minimum absolute atomic E-state index is 0.796. The molecule has 6 N–H and O–H groups in total. The van der Waals surface area contributed by atoms with Gasteiger partial charge >= 0.3 is 0 Å². The number of rotatable bonds is 2. The van der Waals surface area contributed by atoms with Gasteiger partial charge in [-0.3, -0.25) is 5.41 Å². The molecule has 0 unspecified atom stereocenters. The lowest BCUT2D eigenvalue weighted by Gasteiger charge is -2.16. The third-order valence-corrected chi connectivity index (χ3v) is 4.68. The number of allylic oxidation sites excluding steroid dienone is 5. The van der Waals surface area contributed by atoms with Gasteiger partial charge in [0.1, 0.15) is 0 Å². The van der Waals surface area contributed by atoms with E-state index in [1.807, 2.05) is 39.0 Å². The molecule has 0 fully saturated rings. The Labute approximate surface area is 148 Å². The fourth-order valence-electron chi connectivity index (χ4n) is 2.99. The van der Waals surface area contributed by atoms with Crippen LogP contribution in [0.5, 0.6) is 0 Å². The highest BCUT2D eigenvalue weighted by molar-refractivity contribution is 6.07. The molecule has 0 aliphatic heterocycles. The fraction of sp³-hybridized carbons (Fsp3) is 0.136. The summed E-state index contributed by atoms with van der Waals surface area (Å²) in [6.07, 6.45) is 6.15. The van der Waals surface area contributed by atoms with E-state index in [1.54, 1.807) is 0 Å².